The molecule has 19 heavy (non-hydrogen) atoms. The largest absolute Gasteiger partial charge is 0.289 e. The number of benzene rings is 1. The average molecular weight is 269 g/mol. The Morgan fingerprint density at radius 2 is 1.95 bits per heavy atom. The maximum Gasteiger partial charge on any atom is 0.195 e. The Balaban J connectivity index is 2.14. The number of ketones is 1. The Hall–Kier alpha value is -2.26. The lowest BCUT2D eigenvalue weighted by Crippen LogP contribution is -2.02. The molecule has 0 bridgehead atoms. The summed E-state index contributed by atoms with van der Waals surface area (Å²) in [7, 11) is 0. The van der Waals surface area contributed by atoms with Crippen molar-refractivity contribution in [2.75, 3.05) is 0 Å². The van der Waals surface area contributed by atoms with E-state index in [4.69, 9.17) is 11.6 Å². The topological polar surface area (TPSA) is 42.9 Å². The van der Waals surface area contributed by atoms with Gasteiger partial charge in [-0.1, -0.05) is 29.8 Å². The van der Waals surface area contributed by atoms with Gasteiger partial charge in [-0.15, -0.1) is 0 Å². The van der Waals surface area contributed by atoms with E-state index >= 15 is 0 Å². The van der Waals surface area contributed by atoms with Gasteiger partial charge in [0.05, 0.1) is 0 Å². The van der Waals surface area contributed by atoms with Crippen molar-refractivity contribution in [3.05, 3.63) is 71.3 Å². The summed E-state index contributed by atoms with van der Waals surface area (Å²) in [4.78, 5) is 20.5. The highest BCUT2D eigenvalue weighted by atomic mass is 35.5. The third-order valence-corrected chi connectivity index (χ3v) is 3.14. The second-order valence-corrected chi connectivity index (χ2v) is 4.49. The molecule has 0 radical (unpaired) electrons. The predicted octanol–water partition coefficient (Wildman–Crippen LogP) is 3.51. The number of nitrogens with zero attached hydrogens (tertiary/aromatic N) is 2. The molecule has 0 N–H and O–H groups in total. The molecular weight excluding hydrogens is 260 g/mol. The van der Waals surface area contributed by atoms with Crippen LogP contribution in [0.3, 0.4) is 0 Å². The van der Waals surface area contributed by atoms with Crippen LogP contribution in [0.5, 0.6) is 0 Å². The third-order valence-electron chi connectivity index (χ3n) is 2.92. The molecule has 2 aromatic heterocycles. The number of aromatic nitrogens is 2. The minimum absolute atomic E-state index is 0.0808. The van der Waals surface area contributed by atoms with Crippen LogP contribution in [-0.2, 0) is 0 Å². The molecule has 0 saturated heterocycles. The Morgan fingerprint density at radius 3 is 2.74 bits per heavy atom. The first-order valence-electron chi connectivity index (χ1n) is 5.75. The molecule has 0 aliphatic heterocycles. The van der Waals surface area contributed by atoms with Crippen LogP contribution in [0.1, 0.15) is 15.9 Å². The van der Waals surface area contributed by atoms with Gasteiger partial charge >= 0.3 is 0 Å². The van der Waals surface area contributed by atoms with Gasteiger partial charge in [0.1, 0.15) is 5.15 Å². The lowest BCUT2D eigenvalue weighted by molar-refractivity contribution is 0.104. The molecule has 92 valence electrons. The predicted molar refractivity (Wildman–Crippen MR) is 74.4 cm³/mol. The summed E-state index contributed by atoms with van der Waals surface area (Å²) in [6.07, 6.45) is 4.90. The van der Waals surface area contributed by atoms with Crippen LogP contribution in [0, 0.1) is 0 Å². The number of carbonyl (C=O) groups excluding carboxylic acids is 1. The third kappa shape index (κ3) is 2.20. The van der Waals surface area contributed by atoms with Crippen molar-refractivity contribution < 1.29 is 4.79 Å². The molecule has 0 spiro atoms. The van der Waals surface area contributed by atoms with Crippen LogP contribution < -0.4 is 0 Å². The normalized spacial score (nSPS) is 10.6. The van der Waals surface area contributed by atoms with Crippen molar-refractivity contribution in [2.24, 2.45) is 0 Å². The number of halogens is 1. The lowest BCUT2D eigenvalue weighted by atomic mass is 9.99. The monoisotopic (exact) mass is 268 g/mol. The first-order valence-corrected chi connectivity index (χ1v) is 6.12. The van der Waals surface area contributed by atoms with E-state index in [1.54, 1.807) is 30.6 Å². The van der Waals surface area contributed by atoms with Crippen molar-refractivity contribution in [1.82, 2.24) is 9.97 Å². The van der Waals surface area contributed by atoms with Gasteiger partial charge in [0.15, 0.2) is 5.78 Å². The van der Waals surface area contributed by atoms with Gasteiger partial charge in [0.25, 0.3) is 0 Å². The van der Waals surface area contributed by atoms with Gasteiger partial charge in [0.2, 0.25) is 0 Å². The Labute approximate surface area is 114 Å². The van der Waals surface area contributed by atoms with Gasteiger partial charge in [-0.25, -0.2) is 4.98 Å². The van der Waals surface area contributed by atoms with E-state index in [1.165, 1.54) is 6.20 Å². The number of carbonyl (C=O) groups is 1. The molecule has 0 aliphatic carbocycles. The average Bonchev–Trinajstić information content (AvgIpc) is 2.47. The van der Waals surface area contributed by atoms with Gasteiger partial charge in [0, 0.05) is 35.1 Å². The summed E-state index contributed by atoms with van der Waals surface area (Å²) in [5.74, 6) is -0.0808. The summed E-state index contributed by atoms with van der Waals surface area (Å²) in [5.41, 5.74) is 1.13. The molecule has 3 aromatic rings. The summed E-state index contributed by atoms with van der Waals surface area (Å²) in [6, 6.07) is 10.8. The summed E-state index contributed by atoms with van der Waals surface area (Å²) < 4.78 is 0. The number of hydrogen-bond donors (Lipinski definition) is 0. The first-order chi connectivity index (χ1) is 9.25. The SMILES string of the molecule is O=C(c1ccc(Cl)nc1)c1cccc2ccncc12. The Bertz CT molecular complexity index is 748. The van der Waals surface area contributed by atoms with E-state index in [0.29, 0.717) is 16.3 Å². The van der Waals surface area contributed by atoms with Crippen LogP contribution in [0.25, 0.3) is 10.8 Å². The zero-order chi connectivity index (χ0) is 13.2. The molecule has 4 heteroatoms. The molecular formula is C15H9ClN2O. The zero-order valence-electron chi connectivity index (χ0n) is 9.88. The summed E-state index contributed by atoms with van der Waals surface area (Å²) >= 11 is 5.73. The summed E-state index contributed by atoms with van der Waals surface area (Å²) in [5, 5.41) is 2.20. The maximum absolute atomic E-state index is 12.5. The fourth-order valence-electron chi connectivity index (χ4n) is 1.98. The highest BCUT2D eigenvalue weighted by Gasteiger charge is 2.12. The fraction of sp³-hybridized carbons (Fsp3) is 0. The van der Waals surface area contributed by atoms with Crippen molar-refractivity contribution in [3.8, 4) is 0 Å². The smallest absolute Gasteiger partial charge is 0.195 e. The molecule has 3 nitrogen and oxygen atoms in total. The van der Waals surface area contributed by atoms with E-state index in [1.807, 2.05) is 18.2 Å². The highest BCUT2D eigenvalue weighted by molar-refractivity contribution is 6.29. The molecule has 0 fully saturated rings. The molecule has 0 amide bonds. The number of rotatable bonds is 2. The zero-order valence-corrected chi connectivity index (χ0v) is 10.6. The first kappa shape index (κ1) is 11.8. The van der Waals surface area contributed by atoms with Crippen molar-refractivity contribution in [1.29, 1.82) is 0 Å². The number of hydrogen-bond acceptors (Lipinski definition) is 3. The van der Waals surface area contributed by atoms with Crippen molar-refractivity contribution in [3.63, 3.8) is 0 Å². The van der Waals surface area contributed by atoms with Gasteiger partial charge in [-0.05, 0) is 23.6 Å². The Morgan fingerprint density at radius 1 is 1.05 bits per heavy atom. The second kappa shape index (κ2) is 4.78. The van der Waals surface area contributed by atoms with Crippen molar-refractivity contribution >= 4 is 28.2 Å². The minimum atomic E-state index is -0.0808. The molecule has 2 heterocycles. The molecule has 0 unspecified atom stereocenters. The van der Waals surface area contributed by atoms with Crippen LogP contribution >= 0.6 is 11.6 Å². The Kier molecular flexibility index (Phi) is 2.97. The quantitative estimate of drug-likeness (QED) is 0.528. The van der Waals surface area contributed by atoms with Crippen LogP contribution in [0.15, 0.2) is 55.0 Å². The molecule has 0 saturated carbocycles. The van der Waals surface area contributed by atoms with Crippen LogP contribution in [0.4, 0.5) is 0 Å². The van der Waals surface area contributed by atoms with Gasteiger partial charge in [-0.2, -0.15) is 0 Å². The molecule has 0 aliphatic rings. The number of pyridine rings is 2. The minimum Gasteiger partial charge on any atom is -0.289 e. The molecule has 0 atom stereocenters. The lowest BCUT2D eigenvalue weighted by Gasteiger charge is -2.05. The fourth-order valence-corrected chi connectivity index (χ4v) is 2.09. The number of fused-ring (bicyclic) bond motifs is 1. The van der Waals surface area contributed by atoms with E-state index in [0.717, 1.165) is 10.8 Å². The standard InChI is InChI=1S/C15H9ClN2O/c16-14-5-4-11(8-18-14)15(19)12-3-1-2-10-6-7-17-9-13(10)12/h1-9H. The van der Waals surface area contributed by atoms with Gasteiger partial charge in [-0.3, -0.25) is 9.78 Å². The van der Waals surface area contributed by atoms with E-state index < -0.39 is 0 Å². The van der Waals surface area contributed by atoms with Crippen molar-refractivity contribution in [2.45, 2.75) is 0 Å². The van der Waals surface area contributed by atoms with Crippen LogP contribution in [-0.4, -0.2) is 15.8 Å². The van der Waals surface area contributed by atoms with E-state index in [2.05, 4.69) is 9.97 Å². The maximum atomic E-state index is 12.5. The molecule has 3 rings (SSSR count). The van der Waals surface area contributed by atoms with E-state index in [9.17, 15) is 4.79 Å². The van der Waals surface area contributed by atoms with Gasteiger partial charge < -0.3 is 0 Å². The highest BCUT2D eigenvalue weighted by Crippen LogP contribution is 2.20. The second-order valence-electron chi connectivity index (χ2n) is 4.10. The summed E-state index contributed by atoms with van der Waals surface area (Å²) in [6.45, 7) is 0. The van der Waals surface area contributed by atoms with Crippen LogP contribution in [0.2, 0.25) is 5.15 Å². The molecule has 1 aromatic carbocycles. The van der Waals surface area contributed by atoms with E-state index in [-0.39, 0.29) is 5.78 Å².